The van der Waals surface area contributed by atoms with Crippen molar-refractivity contribution in [3.63, 3.8) is 0 Å². The van der Waals surface area contributed by atoms with Crippen molar-refractivity contribution in [3.05, 3.63) is 57.6 Å². The molecule has 0 bridgehead atoms. The smallest absolute Gasteiger partial charge is 0.388 e. The van der Waals surface area contributed by atoms with Crippen LogP contribution in [0.5, 0.6) is 0 Å². The number of aliphatic hydroxyl groups is 1. The predicted molar refractivity (Wildman–Crippen MR) is 107 cm³/mol. The number of phosphoric ester groups is 1. The lowest BCUT2D eigenvalue weighted by Gasteiger charge is -2.29. The summed E-state index contributed by atoms with van der Waals surface area (Å²) in [6.07, 6.45) is -0.972. The number of anilines is 1. The normalized spacial score (nSPS) is 31.7. The van der Waals surface area contributed by atoms with E-state index in [0.717, 1.165) is 10.1 Å². The molecule has 3 heterocycles. The van der Waals surface area contributed by atoms with E-state index >= 15 is 0 Å². The van der Waals surface area contributed by atoms with Crippen LogP contribution < -0.4 is 11.4 Å². The van der Waals surface area contributed by atoms with Gasteiger partial charge in [0.15, 0.2) is 6.23 Å². The topological polar surface area (TPSA) is 135 Å². The van der Waals surface area contributed by atoms with Gasteiger partial charge in [-0.05, 0) is 23.8 Å². The van der Waals surface area contributed by atoms with Gasteiger partial charge in [0.25, 0.3) is 0 Å². The number of aliphatic hydroxyl groups excluding tert-OH is 1. The van der Waals surface area contributed by atoms with Crippen LogP contribution in [0.1, 0.15) is 30.7 Å². The first kappa shape index (κ1) is 21.5. The molecule has 162 valence electrons. The third kappa shape index (κ3) is 4.76. The van der Waals surface area contributed by atoms with E-state index in [1.165, 1.54) is 12.3 Å². The molecule has 1 aromatic carbocycles. The van der Waals surface area contributed by atoms with E-state index in [1.54, 1.807) is 18.2 Å². The van der Waals surface area contributed by atoms with E-state index in [9.17, 15) is 14.5 Å². The number of rotatable bonds is 5. The van der Waals surface area contributed by atoms with Crippen LogP contribution >= 0.6 is 19.4 Å². The molecular weight excluding hydrogens is 437 g/mol. The molecular formula is C18H21ClN3O7P. The quantitative estimate of drug-likeness (QED) is 0.649. The molecule has 30 heavy (non-hydrogen) atoms. The summed E-state index contributed by atoms with van der Waals surface area (Å²) in [4.78, 5) is 15.6. The summed E-state index contributed by atoms with van der Waals surface area (Å²) in [6.45, 7) is 0.0436. The van der Waals surface area contributed by atoms with Crippen molar-refractivity contribution >= 4 is 25.2 Å². The molecule has 0 radical (unpaired) electrons. The van der Waals surface area contributed by atoms with E-state index in [0.29, 0.717) is 11.4 Å². The number of nitrogens with two attached hydrogens (primary N) is 1. The Labute approximate surface area is 177 Å². The molecule has 1 aromatic heterocycles. The van der Waals surface area contributed by atoms with Gasteiger partial charge in [0.1, 0.15) is 11.9 Å². The van der Waals surface area contributed by atoms with Gasteiger partial charge in [0.2, 0.25) is 0 Å². The molecule has 3 N–H and O–H groups in total. The minimum Gasteiger partial charge on any atom is -0.388 e. The Bertz CT molecular complexity index is 1020. The third-order valence-corrected chi connectivity index (χ3v) is 6.53. The number of benzene rings is 1. The summed E-state index contributed by atoms with van der Waals surface area (Å²) < 4.78 is 36.0. The first-order chi connectivity index (χ1) is 14.3. The van der Waals surface area contributed by atoms with E-state index in [4.69, 9.17) is 35.6 Å². The van der Waals surface area contributed by atoms with E-state index in [1.807, 2.05) is 6.07 Å². The molecule has 5 atom stereocenters. The Morgan fingerprint density at radius 3 is 3.00 bits per heavy atom. The number of phosphoric acid groups is 1. The standard InChI is InChI=1S/C18H21ClN3O7P/c19-12-3-1-2-11(8-12)15-5-7-26-30(25,29-15)27-10-13-9-14(23)17(28-13)22-6-4-16(20)21-18(22)24/h1-4,6,8,13-15,17,23H,5,7,9-10H2,(H2,20,21,24)/t13-,14-,15+,17+,30-/m0/s1. The number of halogens is 1. The summed E-state index contributed by atoms with van der Waals surface area (Å²) >= 11 is 6.02. The number of ether oxygens (including phenoxy) is 1. The molecule has 0 amide bonds. The third-order valence-electron chi connectivity index (χ3n) is 4.82. The van der Waals surface area contributed by atoms with Crippen molar-refractivity contribution in [2.45, 2.75) is 37.4 Å². The number of hydrogen-bond donors (Lipinski definition) is 2. The highest BCUT2D eigenvalue weighted by Gasteiger charge is 2.40. The molecule has 2 aliphatic heterocycles. The summed E-state index contributed by atoms with van der Waals surface area (Å²) in [5.41, 5.74) is 5.61. The minimum atomic E-state index is -3.83. The van der Waals surface area contributed by atoms with Gasteiger partial charge in [-0.1, -0.05) is 23.7 Å². The molecule has 2 saturated heterocycles. The maximum atomic E-state index is 12.9. The Morgan fingerprint density at radius 1 is 1.40 bits per heavy atom. The molecule has 0 aliphatic carbocycles. The molecule has 4 rings (SSSR count). The van der Waals surface area contributed by atoms with Gasteiger partial charge in [0, 0.05) is 24.1 Å². The lowest BCUT2D eigenvalue weighted by Crippen LogP contribution is -2.31. The molecule has 0 unspecified atom stereocenters. The first-order valence-electron chi connectivity index (χ1n) is 9.34. The fourth-order valence-electron chi connectivity index (χ4n) is 3.39. The summed E-state index contributed by atoms with van der Waals surface area (Å²) in [7, 11) is -3.83. The number of nitrogens with zero attached hydrogens (tertiary/aromatic N) is 2. The number of nitrogen functional groups attached to an aromatic ring is 1. The van der Waals surface area contributed by atoms with Gasteiger partial charge >= 0.3 is 13.5 Å². The molecule has 2 aliphatic rings. The lowest BCUT2D eigenvalue weighted by molar-refractivity contribution is -0.0580. The van der Waals surface area contributed by atoms with Crippen molar-refractivity contribution in [1.29, 1.82) is 0 Å². The van der Waals surface area contributed by atoms with Gasteiger partial charge in [0.05, 0.1) is 25.4 Å². The Balaban J connectivity index is 1.38. The van der Waals surface area contributed by atoms with Crippen LogP contribution in [0.2, 0.25) is 5.02 Å². The average Bonchev–Trinajstić information content (AvgIpc) is 3.07. The maximum Gasteiger partial charge on any atom is 0.475 e. The Morgan fingerprint density at radius 2 is 2.23 bits per heavy atom. The first-order valence-corrected chi connectivity index (χ1v) is 11.2. The SMILES string of the molecule is Nc1ccn([C@@H]2O[C@H](CO[P@]3(=O)OCC[C@H](c4cccc(Cl)c4)O3)C[C@@H]2O)c(=O)n1. The number of hydrogen-bond acceptors (Lipinski definition) is 9. The average molecular weight is 458 g/mol. The highest BCUT2D eigenvalue weighted by Crippen LogP contribution is 2.57. The Hall–Kier alpha value is -1.78. The zero-order valence-corrected chi connectivity index (χ0v) is 17.4. The highest BCUT2D eigenvalue weighted by atomic mass is 35.5. The molecule has 2 fully saturated rings. The maximum absolute atomic E-state index is 12.9. The molecule has 2 aromatic rings. The molecule has 12 heteroatoms. The van der Waals surface area contributed by atoms with Crippen molar-refractivity contribution in [2.24, 2.45) is 0 Å². The lowest BCUT2D eigenvalue weighted by atomic mass is 10.1. The summed E-state index contributed by atoms with van der Waals surface area (Å²) in [6, 6.07) is 8.51. The number of aromatic nitrogens is 2. The van der Waals surface area contributed by atoms with Gasteiger partial charge < -0.3 is 15.6 Å². The van der Waals surface area contributed by atoms with Gasteiger partial charge in [-0.3, -0.25) is 18.1 Å². The van der Waals surface area contributed by atoms with Crippen LogP contribution in [0.25, 0.3) is 0 Å². The zero-order valence-electron chi connectivity index (χ0n) is 15.8. The second-order valence-corrected chi connectivity index (χ2v) is 9.07. The highest BCUT2D eigenvalue weighted by molar-refractivity contribution is 7.48. The summed E-state index contributed by atoms with van der Waals surface area (Å²) in [5, 5.41) is 10.8. The monoisotopic (exact) mass is 457 g/mol. The van der Waals surface area contributed by atoms with Crippen LogP contribution in [-0.2, 0) is 22.9 Å². The minimum absolute atomic E-state index is 0.0718. The Kier molecular flexibility index (Phi) is 6.26. The predicted octanol–water partition coefficient (Wildman–Crippen LogP) is 2.43. The van der Waals surface area contributed by atoms with Crippen LogP contribution in [0, 0.1) is 0 Å². The van der Waals surface area contributed by atoms with Crippen LogP contribution in [0.3, 0.4) is 0 Å². The van der Waals surface area contributed by atoms with Crippen LogP contribution in [0.4, 0.5) is 5.82 Å². The fourth-order valence-corrected chi connectivity index (χ4v) is 5.01. The second kappa shape index (κ2) is 8.76. The zero-order chi connectivity index (χ0) is 21.3. The van der Waals surface area contributed by atoms with E-state index < -0.39 is 38.1 Å². The molecule has 0 saturated carbocycles. The largest absolute Gasteiger partial charge is 0.475 e. The molecule has 0 spiro atoms. The van der Waals surface area contributed by atoms with E-state index in [-0.39, 0.29) is 25.5 Å². The van der Waals surface area contributed by atoms with Crippen molar-refractivity contribution in [3.8, 4) is 0 Å². The summed E-state index contributed by atoms with van der Waals surface area (Å²) in [5.74, 6) is 0.0718. The molecule has 10 nitrogen and oxygen atoms in total. The van der Waals surface area contributed by atoms with Gasteiger partial charge in [-0.25, -0.2) is 9.36 Å². The van der Waals surface area contributed by atoms with Crippen molar-refractivity contribution in [1.82, 2.24) is 9.55 Å². The second-order valence-electron chi connectivity index (χ2n) is 7.01. The van der Waals surface area contributed by atoms with Crippen LogP contribution in [-0.4, -0.2) is 40.1 Å². The van der Waals surface area contributed by atoms with E-state index in [2.05, 4.69) is 4.98 Å². The van der Waals surface area contributed by atoms with Crippen LogP contribution in [0.15, 0.2) is 41.3 Å². The van der Waals surface area contributed by atoms with Gasteiger partial charge in [-0.15, -0.1) is 0 Å². The van der Waals surface area contributed by atoms with Crippen molar-refractivity contribution in [2.75, 3.05) is 18.9 Å². The fraction of sp³-hybridized carbons (Fsp3) is 0.444. The van der Waals surface area contributed by atoms with Crippen molar-refractivity contribution < 1.29 is 28.0 Å². The van der Waals surface area contributed by atoms with Gasteiger partial charge in [-0.2, -0.15) is 4.98 Å².